The lowest BCUT2D eigenvalue weighted by atomic mass is 10.0. The molecule has 0 spiro atoms. The molecule has 0 radical (unpaired) electrons. The van der Waals surface area contributed by atoms with E-state index in [4.69, 9.17) is 0 Å². The first-order chi connectivity index (χ1) is 21.3. The zero-order valence-corrected chi connectivity index (χ0v) is 26.9. The first-order valence-corrected chi connectivity index (χ1v) is 15.3. The fourth-order valence-electron chi connectivity index (χ4n) is 4.71. The van der Waals surface area contributed by atoms with Gasteiger partial charge in [-0.05, 0) is 97.8 Å². The van der Waals surface area contributed by atoms with Gasteiger partial charge in [0.25, 0.3) is 11.8 Å². The van der Waals surface area contributed by atoms with Gasteiger partial charge in [0.15, 0.2) is 0 Å². The summed E-state index contributed by atoms with van der Waals surface area (Å²) in [6.07, 6.45) is 3.40. The highest BCUT2D eigenvalue weighted by Crippen LogP contribution is 2.28. The molecule has 2 aliphatic heterocycles. The van der Waals surface area contributed by atoms with E-state index in [0.717, 1.165) is 31.4 Å². The third-order valence-electron chi connectivity index (χ3n) is 7.14. The van der Waals surface area contributed by atoms with Crippen LogP contribution in [0.2, 0.25) is 0 Å². The number of anilines is 4. The molecular weight excluding hydrogens is 684 g/mol. The number of nitrogens with one attached hydrogen (secondary N) is 2. The summed E-state index contributed by atoms with van der Waals surface area (Å²) in [6, 6.07) is 30.8. The van der Waals surface area contributed by atoms with Crippen molar-refractivity contribution in [2.75, 3.05) is 20.7 Å². The Morgan fingerprint density at radius 1 is 0.545 bits per heavy atom. The van der Waals surface area contributed by atoms with Crippen LogP contribution in [0.4, 0.5) is 22.7 Å². The summed E-state index contributed by atoms with van der Waals surface area (Å²) in [4.78, 5) is 26.0. The molecule has 0 unspecified atom stereocenters. The van der Waals surface area contributed by atoms with Gasteiger partial charge in [-0.25, -0.2) is 0 Å². The van der Waals surface area contributed by atoms with Crippen molar-refractivity contribution in [3.05, 3.63) is 130 Å². The second-order valence-corrected chi connectivity index (χ2v) is 11.9. The quantitative estimate of drug-likeness (QED) is 0.189. The Morgan fingerprint density at radius 3 is 1.23 bits per heavy atom. The fraction of sp³-hybridized carbons (Fsp3) is 0.0588. The van der Waals surface area contributed by atoms with Crippen LogP contribution >= 0.6 is 31.9 Å². The molecule has 0 bridgehead atoms. The van der Waals surface area contributed by atoms with E-state index in [1.165, 1.54) is 10.0 Å². The maximum absolute atomic E-state index is 13.0. The van der Waals surface area contributed by atoms with Gasteiger partial charge in [-0.1, -0.05) is 56.1 Å². The molecule has 0 saturated carbocycles. The molecule has 2 heterocycles. The van der Waals surface area contributed by atoms with E-state index >= 15 is 0 Å². The lowest BCUT2D eigenvalue weighted by Crippen LogP contribution is -2.21. The van der Waals surface area contributed by atoms with E-state index in [2.05, 4.69) is 52.7 Å². The molecule has 218 valence electrons. The summed E-state index contributed by atoms with van der Waals surface area (Å²) >= 11 is 6.83. The van der Waals surface area contributed by atoms with Crippen LogP contribution in [-0.2, 0) is 9.59 Å². The molecule has 44 heavy (non-hydrogen) atoms. The van der Waals surface area contributed by atoms with E-state index in [9.17, 15) is 9.59 Å². The number of carbonyl (C=O) groups is 2. The van der Waals surface area contributed by atoms with Gasteiger partial charge in [-0.3, -0.25) is 9.59 Å². The molecule has 8 nitrogen and oxygen atoms in total. The van der Waals surface area contributed by atoms with Crippen LogP contribution in [0.1, 0.15) is 13.8 Å². The Balaban J connectivity index is 1.08. The first kappa shape index (κ1) is 29.3. The number of hydrazone groups is 2. The van der Waals surface area contributed by atoms with Crippen LogP contribution in [0.5, 0.6) is 0 Å². The monoisotopic (exact) mass is 708 g/mol. The minimum Gasteiger partial charge on any atom is -0.361 e. The van der Waals surface area contributed by atoms with Crippen molar-refractivity contribution in [2.24, 2.45) is 10.2 Å². The van der Waals surface area contributed by atoms with Gasteiger partial charge >= 0.3 is 0 Å². The highest BCUT2D eigenvalue weighted by Gasteiger charge is 2.29. The predicted molar refractivity (Wildman–Crippen MR) is 185 cm³/mol. The standard InChI is InChI=1S/C34H26Br2N6O2/c1-21-31(33(43)41(39-21)29-15-7-25(35)8-16-29)19-37-27-11-3-23(4-12-27)24-5-13-28(14-6-24)38-20-32-22(2)40-42(34(32)44)30-17-9-26(36)10-18-30/h3-20,37-38H,1-2H3. The van der Waals surface area contributed by atoms with Gasteiger partial charge in [0.2, 0.25) is 0 Å². The topological polar surface area (TPSA) is 89.4 Å². The zero-order chi connectivity index (χ0) is 30.8. The third kappa shape index (κ3) is 6.13. The Kier molecular flexibility index (Phi) is 8.28. The van der Waals surface area contributed by atoms with Crippen molar-refractivity contribution in [2.45, 2.75) is 13.8 Å². The van der Waals surface area contributed by atoms with Crippen LogP contribution < -0.4 is 20.7 Å². The van der Waals surface area contributed by atoms with Crippen molar-refractivity contribution in [1.29, 1.82) is 0 Å². The van der Waals surface area contributed by atoms with Gasteiger partial charge in [0, 0.05) is 32.7 Å². The highest BCUT2D eigenvalue weighted by molar-refractivity contribution is 9.10. The second-order valence-electron chi connectivity index (χ2n) is 10.1. The lowest BCUT2D eigenvalue weighted by Gasteiger charge is -2.12. The molecule has 6 rings (SSSR count). The Hall–Kier alpha value is -4.80. The normalized spacial score (nSPS) is 16.5. The third-order valence-corrected chi connectivity index (χ3v) is 8.19. The molecule has 2 N–H and O–H groups in total. The average molecular weight is 710 g/mol. The van der Waals surface area contributed by atoms with Crippen LogP contribution in [0, 0.1) is 0 Å². The second kappa shape index (κ2) is 12.4. The van der Waals surface area contributed by atoms with Crippen molar-refractivity contribution < 1.29 is 9.59 Å². The molecule has 2 aliphatic rings. The minimum absolute atomic E-state index is 0.181. The van der Waals surface area contributed by atoms with Gasteiger partial charge in [-0.15, -0.1) is 0 Å². The van der Waals surface area contributed by atoms with Gasteiger partial charge in [-0.2, -0.15) is 20.2 Å². The fourth-order valence-corrected chi connectivity index (χ4v) is 5.24. The van der Waals surface area contributed by atoms with Crippen LogP contribution in [0.25, 0.3) is 11.1 Å². The number of halogens is 2. The molecule has 0 fully saturated rings. The van der Waals surface area contributed by atoms with E-state index in [0.29, 0.717) is 33.9 Å². The predicted octanol–water partition coefficient (Wildman–Crippen LogP) is 8.32. The molecule has 4 aromatic rings. The Morgan fingerprint density at radius 2 is 0.886 bits per heavy atom. The summed E-state index contributed by atoms with van der Waals surface area (Å²) in [5.41, 5.74) is 7.53. The van der Waals surface area contributed by atoms with Crippen molar-refractivity contribution in [1.82, 2.24) is 0 Å². The number of rotatable bonds is 7. The van der Waals surface area contributed by atoms with E-state index in [1.54, 1.807) is 12.4 Å². The average Bonchev–Trinajstić information content (AvgIpc) is 3.48. The van der Waals surface area contributed by atoms with Gasteiger partial charge < -0.3 is 10.6 Å². The number of amides is 2. The van der Waals surface area contributed by atoms with Crippen LogP contribution in [-0.4, -0.2) is 23.2 Å². The molecule has 0 aromatic heterocycles. The summed E-state index contributed by atoms with van der Waals surface area (Å²) < 4.78 is 1.87. The minimum atomic E-state index is -0.181. The number of benzene rings is 4. The summed E-state index contributed by atoms with van der Waals surface area (Å²) in [5.74, 6) is -0.361. The van der Waals surface area contributed by atoms with E-state index in [-0.39, 0.29) is 11.8 Å². The smallest absolute Gasteiger partial charge is 0.282 e. The molecular formula is C34H26Br2N6O2. The Labute approximate surface area is 271 Å². The summed E-state index contributed by atoms with van der Waals surface area (Å²) in [5, 5.41) is 18.1. The van der Waals surface area contributed by atoms with Crippen molar-refractivity contribution in [3.63, 3.8) is 0 Å². The first-order valence-electron chi connectivity index (χ1n) is 13.7. The number of hydrogen-bond donors (Lipinski definition) is 2. The van der Waals surface area contributed by atoms with Crippen molar-refractivity contribution >= 4 is 77.8 Å². The molecule has 2 amide bonds. The number of hydrogen-bond acceptors (Lipinski definition) is 6. The van der Waals surface area contributed by atoms with Gasteiger partial charge in [0.05, 0.1) is 33.9 Å². The summed E-state index contributed by atoms with van der Waals surface area (Å²) in [7, 11) is 0. The Bertz CT molecular complexity index is 1720. The van der Waals surface area contributed by atoms with E-state index < -0.39 is 0 Å². The van der Waals surface area contributed by atoms with Gasteiger partial charge in [0.1, 0.15) is 0 Å². The largest absolute Gasteiger partial charge is 0.361 e. The summed E-state index contributed by atoms with van der Waals surface area (Å²) in [6.45, 7) is 3.64. The maximum atomic E-state index is 13.0. The van der Waals surface area contributed by atoms with Crippen LogP contribution in [0.3, 0.4) is 0 Å². The lowest BCUT2D eigenvalue weighted by molar-refractivity contribution is -0.115. The number of carbonyl (C=O) groups excluding carboxylic acids is 2. The molecule has 0 atom stereocenters. The number of nitrogens with zero attached hydrogens (tertiary/aromatic N) is 4. The molecule has 10 heteroatoms. The van der Waals surface area contributed by atoms with Crippen molar-refractivity contribution in [3.8, 4) is 11.1 Å². The highest BCUT2D eigenvalue weighted by atomic mass is 79.9. The molecule has 0 saturated heterocycles. The van der Waals surface area contributed by atoms with Crippen LogP contribution in [0.15, 0.2) is 140 Å². The molecule has 0 aliphatic carbocycles. The maximum Gasteiger partial charge on any atom is 0.282 e. The molecule has 4 aromatic carbocycles. The SMILES string of the molecule is CC1=NN(c2ccc(Br)cc2)C(=O)C1=CNc1ccc(-c2ccc(NC=C3C(=O)N(c4ccc(Br)cc4)N=C3C)cc2)cc1. The van der Waals surface area contributed by atoms with E-state index in [1.807, 2.05) is 111 Å². The zero-order valence-electron chi connectivity index (χ0n) is 23.8.